The van der Waals surface area contributed by atoms with Crippen molar-refractivity contribution >= 4 is 37.5 Å². The highest BCUT2D eigenvalue weighted by Crippen LogP contribution is 2.19. The molecule has 2 rings (SSSR count). The Hall–Kier alpha value is -3.71. The van der Waals surface area contributed by atoms with Gasteiger partial charge in [-0.15, -0.1) is 0 Å². The van der Waals surface area contributed by atoms with Crippen molar-refractivity contribution in [2.45, 2.75) is 71.3 Å². The zero-order valence-corrected chi connectivity index (χ0v) is 24.6. The molecule has 0 spiro atoms. The van der Waals surface area contributed by atoms with Crippen molar-refractivity contribution in [1.29, 1.82) is 0 Å². The first-order valence-corrected chi connectivity index (χ1v) is 16.4. The van der Waals surface area contributed by atoms with Crippen LogP contribution < -0.4 is 22.1 Å². The summed E-state index contributed by atoms with van der Waals surface area (Å²) >= 11 is 0. The molecule has 39 heavy (non-hydrogen) atoms. The quantitative estimate of drug-likeness (QED) is 0.0951. The zero-order valence-electron chi connectivity index (χ0n) is 23.6. The number of aliphatic imine (C=N–C) groups is 1. The van der Waals surface area contributed by atoms with Gasteiger partial charge in [-0.05, 0) is 45.0 Å². The number of nitrogens with zero attached hydrogens (tertiary/aromatic N) is 3. The Labute approximate surface area is 230 Å². The first-order chi connectivity index (χ1) is 18.1. The Morgan fingerprint density at radius 1 is 1.18 bits per heavy atom. The molecule has 0 aliphatic carbocycles. The van der Waals surface area contributed by atoms with Crippen LogP contribution in [0.25, 0.3) is 0 Å². The average molecular weight is 560 g/mol. The van der Waals surface area contributed by atoms with Gasteiger partial charge in [0.2, 0.25) is 5.91 Å². The Morgan fingerprint density at radius 3 is 2.54 bits per heavy atom. The summed E-state index contributed by atoms with van der Waals surface area (Å²) < 4.78 is 13.1. The molecule has 12 nitrogen and oxygen atoms in total. The maximum atomic E-state index is 12.8. The van der Waals surface area contributed by atoms with Crippen molar-refractivity contribution in [3.63, 3.8) is 0 Å². The summed E-state index contributed by atoms with van der Waals surface area (Å²) in [7, 11) is -1.25. The predicted molar refractivity (Wildman–Crippen MR) is 152 cm³/mol. The van der Waals surface area contributed by atoms with Crippen molar-refractivity contribution in [3.05, 3.63) is 48.0 Å². The number of benzene rings is 1. The van der Waals surface area contributed by atoms with Gasteiger partial charge in [0.25, 0.3) is 5.91 Å². The second-order valence-electron chi connectivity index (χ2n) is 11.3. The van der Waals surface area contributed by atoms with E-state index in [1.54, 1.807) is 55.9 Å². The maximum Gasteiger partial charge on any atom is 0.308 e. The normalized spacial score (nSPS) is 12.4. The molecule has 0 radical (unpaired) electrons. The number of nitrogens with one attached hydrogen (secondary N) is 2. The van der Waals surface area contributed by atoms with Gasteiger partial charge < -0.3 is 36.1 Å². The molecule has 1 aromatic carbocycles. The summed E-state index contributed by atoms with van der Waals surface area (Å²) in [5.74, 6) is -1.19. The highest BCUT2D eigenvalue weighted by atomic mass is 28.3. The first kappa shape index (κ1) is 31.5. The molecule has 1 heterocycles. The van der Waals surface area contributed by atoms with Crippen LogP contribution >= 0.6 is 0 Å². The summed E-state index contributed by atoms with van der Waals surface area (Å²) in [5, 5.41) is 5.36. The van der Waals surface area contributed by atoms with E-state index in [-0.39, 0.29) is 31.2 Å². The maximum absolute atomic E-state index is 12.8. The van der Waals surface area contributed by atoms with E-state index in [9.17, 15) is 14.4 Å². The summed E-state index contributed by atoms with van der Waals surface area (Å²) in [5.41, 5.74) is 10.8. The van der Waals surface area contributed by atoms with Gasteiger partial charge in [0.05, 0.1) is 24.7 Å². The fourth-order valence-corrected chi connectivity index (χ4v) is 4.17. The fraction of sp³-hybridized carbons (Fsp3) is 0.500. The third-order valence-electron chi connectivity index (χ3n) is 5.19. The van der Waals surface area contributed by atoms with Gasteiger partial charge in [-0.1, -0.05) is 25.7 Å². The van der Waals surface area contributed by atoms with Crippen molar-refractivity contribution in [3.8, 4) is 0 Å². The van der Waals surface area contributed by atoms with E-state index in [0.717, 1.165) is 6.04 Å². The monoisotopic (exact) mass is 559 g/mol. The Bertz CT molecular complexity index is 1160. The second-order valence-corrected chi connectivity index (χ2v) is 16.9. The molecule has 0 bridgehead atoms. The number of hydrogen-bond acceptors (Lipinski definition) is 7. The number of amides is 2. The molecule has 1 unspecified atom stereocenters. The zero-order chi connectivity index (χ0) is 29.2. The van der Waals surface area contributed by atoms with Crippen LogP contribution in [0.3, 0.4) is 0 Å². The van der Waals surface area contributed by atoms with E-state index in [1.807, 2.05) is 0 Å². The lowest BCUT2D eigenvalue weighted by molar-refractivity contribution is -0.155. The number of guanidine groups is 1. The SMILES string of the molecule is CC(C)(C)OC(=O)CC(NC(=O)CNC(=O)c1cccc(N=C(N)N)c1)c1nccn1COCC[Si](C)(C)C. The molecular weight excluding hydrogens is 518 g/mol. The first-order valence-electron chi connectivity index (χ1n) is 12.7. The standard InChI is InChI=1S/C26H41N7O5Si/c1-26(2,3)38-22(35)15-20(23-29-10-11-33(23)17-37-12-13-39(4,5)6)32-21(34)16-30-24(36)18-8-7-9-19(14-18)31-25(27)28/h7-11,14,20H,12-13,15-17H2,1-6H3,(H,30,36)(H,32,34)(H4,27,28,31). The van der Waals surface area contributed by atoms with Gasteiger partial charge >= 0.3 is 5.97 Å². The molecule has 1 atom stereocenters. The third-order valence-corrected chi connectivity index (χ3v) is 6.89. The van der Waals surface area contributed by atoms with Gasteiger partial charge in [0.15, 0.2) is 5.96 Å². The lowest BCUT2D eigenvalue weighted by Gasteiger charge is -2.23. The van der Waals surface area contributed by atoms with Gasteiger partial charge in [-0.25, -0.2) is 9.98 Å². The second kappa shape index (κ2) is 13.9. The highest BCUT2D eigenvalue weighted by Gasteiger charge is 2.26. The van der Waals surface area contributed by atoms with E-state index < -0.39 is 37.5 Å². The smallest absolute Gasteiger partial charge is 0.308 e. The molecule has 6 N–H and O–H groups in total. The van der Waals surface area contributed by atoms with Crippen molar-refractivity contribution < 1.29 is 23.9 Å². The van der Waals surface area contributed by atoms with E-state index >= 15 is 0 Å². The Morgan fingerprint density at radius 2 is 1.90 bits per heavy atom. The minimum absolute atomic E-state index is 0.136. The minimum Gasteiger partial charge on any atom is -0.460 e. The number of esters is 1. The number of ether oxygens (including phenoxy) is 2. The van der Waals surface area contributed by atoms with Crippen LogP contribution in [-0.4, -0.2) is 60.1 Å². The van der Waals surface area contributed by atoms with Crippen LogP contribution in [0.5, 0.6) is 0 Å². The summed E-state index contributed by atoms with van der Waals surface area (Å²) in [4.78, 5) is 46.4. The topological polar surface area (TPSA) is 176 Å². The average Bonchev–Trinajstić information content (AvgIpc) is 3.26. The number of rotatable bonds is 13. The van der Waals surface area contributed by atoms with Crippen LogP contribution in [0, 0.1) is 0 Å². The fourth-order valence-electron chi connectivity index (χ4n) is 3.41. The molecule has 0 aliphatic heterocycles. The summed E-state index contributed by atoms with van der Waals surface area (Å²) in [6, 6.07) is 6.54. The lowest BCUT2D eigenvalue weighted by atomic mass is 10.1. The van der Waals surface area contributed by atoms with Crippen LogP contribution in [0.4, 0.5) is 5.69 Å². The molecule has 0 fully saturated rings. The number of hydrogen-bond donors (Lipinski definition) is 4. The third kappa shape index (κ3) is 12.1. The molecule has 214 valence electrons. The molecule has 2 amide bonds. The molecule has 0 saturated heterocycles. The van der Waals surface area contributed by atoms with Crippen molar-refractivity contribution in [2.75, 3.05) is 13.2 Å². The Kier molecular flexibility index (Phi) is 11.2. The van der Waals surface area contributed by atoms with Crippen LogP contribution in [0.2, 0.25) is 25.7 Å². The molecule has 0 saturated carbocycles. The minimum atomic E-state index is -1.25. The summed E-state index contributed by atoms with van der Waals surface area (Å²) in [6.07, 6.45) is 3.16. The van der Waals surface area contributed by atoms with E-state index in [0.29, 0.717) is 18.1 Å². The number of nitrogens with two attached hydrogens (primary N) is 2. The van der Waals surface area contributed by atoms with Gasteiger partial charge in [-0.3, -0.25) is 14.4 Å². The van der Waals surface area contributed by atoms with Crippen LogP contribution in [-0.2, 0) is 25.8 Å². The van der Waals surface area contributed by atoms with Crippen molar-refractivity contribution in [1.82, 2.24) is 20.2 Å². The molecule has 0 aliphatic rings. The van der Waals surface area contributed by atoms with Crippen LogP contribution in [0.15, 0.2) is 41.7 Å². The van der Waals surface area contributed by atoms with E-state index in [4.69, 9.17) is 20.9 Å². The van der Waals surface area contributed by atoms with Gasteiger partial charge in [-0.2, -0.15) is 0 Å². The lowest BCUT2D eigenvalue weighted by Crippen LogP contribution is -2.40. The number of imidazole rings is 1. The van der Waals surface area contributed by atoms with Gasteiger partial charge in [0.1, 0.15) is 18.2 Å². The summed E-state index contributed by atoms with van der Waals surface area (Å²) in [6.45, 7) is 12.6. The molecular formula is C26H41N7O5Si. The van der Waals surface area contributed by atoms with Gasteiger partial charge in [0, 0.05) is 32.6 Å². The van der Waals surface area contributed by atoms with E-state index in [2.05, 4.69) is 40.3 Å². The molecule has 1 aromatic heterocycles. The largest absolute Gasteiger partial charge is 0.460 e. The predicted octanol–water partition coefficient (Wildman–Crippen LogP) is 2.42. The van der Waals surface area contributed by atoms with Crippen molar-refractivity contribution in [2.24, 2.45) is 16.5 Å². The Balaban J connectivity index is 2.09. The molecule has 2 aromatic rings. The number of aromatic nitrogens is 2. The molecule has 13 heteroatoms. The van der Waals surface area contributed by atoms with Crippen LogP contribution in [0.1, 0.15) is 49.4 Å². The number of carbonyl (C=O) groups is 3. The number of carbonyl (C=O) groups excluding carboxylic acids is 3. The van der Waals surface area contributed by atoms with E-state index in [1.165, 1.54) is 6.07 Å². The highest BCUT2D eigenvalue weighted by molar-refractivity contribution is 6.76.